The van der Waals surface area contributed by atoms with Gasteiger partial charge in [0.1, 0.15) is 19.3 Å². The Balaban J connectivity index is 5.28. The molecule has 80 heavy (non-hydrogen) atoms. The van der Waals surface area contributed by atoms with Gasteiger partial charge in [0, 0.05) is 12.8 Å². The van der Waals surface area contributed by atoms with E-state index in [1.54, 1.807) is 0 Å². The largest absolute Gasteiger partial charge is 0.756 e. The summed E-state index contributed by atoms with van der Waals surface area (Å²) in [5, 5.41) is 3.02. The van der Waals surface area contributed by atoms with E-state index in [1.807, 2.05) is 33.3 Å². The van der Waals surface area contributed by atoms with Gasteiger partial charge in [0.2, 0.25) is 5.91 Å². The van der Waals surface area contributed by atoms with Crippen molar-refractivity contribution in [3.63, 3.8) is 0 Å². The van der Waals surface area contributed by atoms with Gasteiger partial charge in [-0.25, -0.2) is 0 Å². The Kier molecular flexibility index (Phi) is 56.4. The molecule has 3 atom stereocenters. The minimum atomic E-state index is -4.72. The van der Waals surface area contributed by atoms with Gasteiger partial charge >= 0.3 is 5.97 Å². The van der Waals surface area contributed by atoms with Gasteiger partial charge in [0.05, 0.1) is 33.8 Å². The van der Waals surface area contributed by atoms with Crippen LogP contribution in [0.1, 0.15) is 271 Å². The van der Waals surface area contributed by atoms with Crippen LogP contribution in [0.2, 0.25) is 0 Å². The summed E-state index contributed by atoms with van der Waals surface area (Å²) in [6, 6.07) is -0.914. The van der Waals surface area contributed by atoms with E-state index in [0.717, 1.165) is 103 Å². The lowest BCUT2D eigenvalue weighted by Gasteiger charge is -2.30. The Hall–Kier alpha value is -3.33. The fraction of sp³-hybridized carbons (Fsp3) is 0.714. The lowest BCUT2D eigenvalue weighted by atomic mass is 10.0. The number of rotatable bonds is 58. The number of carbonyl (C=O) groups excluding carboxylic acids is 2. The van der Waals surface area contributed by atoms with Crippen molar-refractivity contribution in [1.29, 1.82) is 0 Å². The summed E-state index contributed by atoms with van der Waals surface area (Å²) >= 11 is 0. The summed E-state index contributed by atoms with van der Waals surface area (Å²) in [5.74, 6) is -0.596. The summed E-state index contributed by atoms with van der Waals surface area (Å²) in [5.41, 5.74) is 0. The monoisotopic (exact) mass is 1130 g/mol. The second-order valence-corrected chi connectivity index (χ2v) is 24.3. The summed E-state index contributed by atoms with van der Waals surface area (Å²) in [6.45, 7) is 6.68. The molecule has 0 aromatic heterocycles. The van der Waals surface area contributed by atoms with E-state index in [-0.39, 0.29) is 24.9 Å². The van der Waals surface area contributed by atoms with Crippen LogP contribution in [0.5, 0.6) is 0 Å². The number of nitrogens with one attached hydrogen (secondary N) is 1. The maximum Gasteiger partial charge on any atom is 0.306 e. The molecule has 0 spiro atoms. The highest BCUT2D eigenvalue weighted by Crippen LogP contribution is 2.38. The maximum absolute atomic E-state index is 13.6. The fourth-order valence-electron chi connectivity index (χ4n) is 8.91. The van der Waals surface area contributed by atoms with Crippen LogP contribution >= 0.6 is 7.82 Å². The van der Waals surface area contributed by atoms with Gasteiger partial charge in [-0.15, -0.1) is 0 Å². The van der Waals surface area contributed by atoms with E-state index in [9.17, 15) is 19.0 Å². The molecule has 1 N–H and O–H groups in total. The minimum absolute atomic E-state index is 0.0347. The van der Waals surface area contributed by atoms with Crippen molar-refractivity contribution in [3.05, 3.63) is 109 Å². The van der Waals surface area contributed by atoms with Crippen molar-refractivity contribution in [2.24, 2.45) is 0 Å². The molecule has 460 valence electrons. The number of quaternary nitrogens is 1. The maximum atomic E-state index is 13.6. The van der Waals surface area contributed by atoms with Gasteiger partial charge in [-0.1, -0.05) is 252 Å². The molecule has 0 aliphatic heterocycles. The molecule has 1 amide bonds. The first-order chi connectivity index (χ1) is 38.9. The zero-order valence-electron chi connectivity index (χ0n) is 52.5. The summed E-state index contributed by atoms with van der Waals surface area (Å²) < 4.78 is 30.3. The molecule has 0 aromatic rings. The second kappa shape index (κ2) is 58.9. The average Bonchev–Trinajstić information content (AvgIpc) is 3.42. The lowest BCUT2D eigenvalue weighted by Crippen LogP contribution is -2.47. The van der Waals surface area contributed by atoms with Gasteiger partial charge in [0.25, 0.3) is 7.82 Å². The van der Waals surface area contributed by atoms with Crippen molar-refractivity contribution in [2.45, 2.75) is 283 Å². The summed E-state index contributed by atoms with van der Waals surface area (Å²) in [7, 11) is 1.15. The molecule has 0 aliphatic carbocycles. The Labute approximate surface area is 493 Å². The van der Waals surface area contributed by atoms with Crippen LogP contribution in [0, 0.1) is 0 Å². The molecule has 0 aromatic carbocycles. The van der Waals surface area contributed by atoms with Crippen molar-refractivity contribution >= 4 is 19.7 Å². The van der Waals surface area contributed by atoms with Crippen LogP contribution in [0.25, 0.3) is 0 Å². The zero-order valence-corrected chi connectivity index (χ0v) is 53.4. The Morgan fingerprint density at radius 1 is 0.450 bits per heavy atom. The normalized spacial score (nSPS) is 14.3. The van der Waals surface area contributed by atoms with Gasteiger partial charge < -0.3 is 28.5 Å². The van der Waals surface area contributed by atoms with E-state index in [2.05, 4.69) is 123 Å². The molecule has 0 bridgehead atoms. The quantitative estimate of drug-likeness (QED) is 0.0212. The molecule has 0 rings (SSSR count). The van der Waals surface area contributed by atoms with Crippen LogP contribution in [-0.4, -0.2) is 69.4 Å². The smallest absolute Gasteiger partial charge is 0.306 e. The zero-order chi connectivity index (χ0) is 58.6. The van der Waals surface area contributed by atoms with E-state index in [1.165, 1.54) is 128 Å². The molecule has 9 nitrogen and oxygen atoms in total. The van der Waals surface area contributed by atoms with Crippen molar-refractivity contribution in [2.75, 3.05) is 40.9 Å². The number of carbonyl (C=O) groups is 2. The molecule has 0 fully saturated rings. The van der Waals surface area contributed by atoms with Gasteiger partial charge in [-0.2, -0.15) is 0 Å². The molecule has 0 heterocycles. The Morgan fingerprint density at radius 2 is 0.800 bits per heavy atom. The van der Waals surface area contributed by atoms with Crippen LogP contribution in [0.4, 0.5) is 0 Å². The number of ether oxygens (including phenoxy) is 1. The molecular weight excluding hydrogens is 1010 g/mol. The van der Waals surface area contributed by atoms with Crippen molar-refractivity contribution in [1.82, 2.24) is 5.32 Å². The predicted octanol–water partition coefficient (Wildman–Crippen LogP) is 19.9. The Bertz CT molecular complexity index is 1740. The van der Waals surface area contributed by atoms with Crippen LogP contribution < -0.4 is 10.2 Å². The van der Waals surface area contributed by atoms with E-state index in [4.69, 9.17) is 13.8 Å². The number of phosphoric acid groups is 1. The number of hydrogen-bond donors (Lipinski definition) is 1. The highest BCUT2D eigenvalue weighted by molar-refractivity contribution is 7.45. The molecule has 0 aliphatic rings. The van der Waals surface area contributed by atoms with Gasteiger partial charge in [-0.05, 0) is 115 Å². The average molecular weight is 1140 g/mol. The van der Waals surface area contributed by atoms with Crippen molar-refractivity contribution in [3.8, 4) is 0 Å². The molecule has 3 unspecified atom stereocenters. The highest BCUT2D eigenvalue weighted by Gasteiger charge is 2.27. The van der Waals surface area contributed by atoms with Crippen LogP contribution in [0.3, 0.4) is 0 Å². The third kappa shape index (κ3) is 59.3. The fourth-order valence-corrected chi connectivity index (χ4v) is 9.63. The Morgan fingerprint density at radius 3 is 1.24 bits per heavy atom. The minimum Gasteiger partial charge on any atom is -0.756 e. The SMILES string of the molecule is CC/C=C\C/C=C\C/C=C\C/C=C\C/C=C\C/C=C\CCCCC(=O)OC(/C=C/CCCCCCCCCCCC)C(COP(=O)([O-])OCC[N+](C)(C)C)NC(=O)CCCCCCCCCCCCC/C=C\C/C=C\CCCCC. The van der Waals surface area contributed by atoms with Crippen LogP contribution in [0.15, 0.2) is 109 Å². The first kappa shape index (κ1) is 76.7. The number of unbranched alkanes of at least 4 members (excludes halogenated alkanes) is 26. The molecule has 0 radical (unpaired) electrons. The standard InChI is InChI=1S/C70H123N2O7P/c1-7-10-13-16-19-22-25-28-30-32-34-36-38-40-42-44-47-50-53-56-59-62-69(73)71-67(66-78-80(75,76)77-65-64-72(4,5)6)68(61-58-55-52-49-46-27-24-21-18-15-12-9-3)79-70(74)63-60-57-54-51-48-45-43-41-39-37-35-33-31-29-26-23-20-17-14-11-8-2/h11,14,19-20,22-23,28-31,35,37,41,43,48,51,58,61,67-68H,7-10,12-13,15-18,21,24-27,32-34,36,38-40,42,44-47,49-50,52-57,59-60,62-66H2,1-6H3,(H-,71,73,75,76)/b14-11-,22-19-,23-20-,30-28-,31-29-,37-35-,43-41-,51-48-,61-58+. The number of nitrogens with zero attached hydrogens (tertiary/aromatic N) is 1. The number of allylic oxidation sites excluding steroid dienone is 17. The first-order valence-electron chi connectivity index (χ1n) is 32.7. The summed E-state index contributed by atoms with van der Waals surface area (Å²) in [4.78, 5) is 40.1. The number of esters is 1. The van der Waals surface area contributed by atoms with E-state index < -0.39 is 26.6 Å². The van der Waals surface area contributed by atoms with Crippen LogP contribution in [-0.2, 0) is 27.9 Å². The molecular formula is C70H123N2O7P. The second-order valence-electron chi connectivity index (χ2n) is 22.9. The summed E-state index contributed by atoms with van der Waals surface area (Å²) in [6.07, 6.45) is 80.6. The molecule has 0 saturated heterocycles. The topological polar surface area (TPSA) is 114 Å². The van der Waals surface area contributed by atoms with Gasteiger partial charge in [-0.3, -0.25) is 14.2 Å². The third-order valence-corrected chi connectivity index (χ3v) is 14.9. The van der Waals surface area contributed by atoms with Gasteiger partial charge in [0.15, 0.2) is 0 Å². The highest BCUT2D eigenvalue weighted by atomic mass is 31.2. The van der Waals surface area contributed by atoms with E-state index >= 15 is 0 Å². The number of phosphoric ester groups is 1. The number of likely N-dealkylation sites (N-methyl/N-ethyl adjacent to an activating group) is 1. The predicted molar refractivity (Wildman–Crippen MR) is 344 cm³/mol. The lowest BCUT2D eigenvalue weighted by molar-refractivity contribution is -0.870. The third-order valence-electron chi connectivity index (χ3n) is 13.9. The van der Waals surface area contributed by atoms with Crippen molar-refractivity contribution < 1.29 is 37.3 Å². The first-order valence-corrected chi connectivity index (χ1v) is 34.2. The molecule has 0 saturated carbocycles. The number of hydrogen-bond acceptors (Lipinski definition) is 7. The van der Waals surface area contributed by atoms with E-state index in [0.29, 0.717) is 23.9 Å². The molecule has 10 heteroatoms. The number of amides is 1.